The van der Waals surface area contributed by atoms with Crippen LogP contribution in [0.3, 0.4) is 0 Å². The normalized spacial score (nSPS) is 10.5. The van der Waals surface area contributed by atoms with Crippen LogP contribution < -0.4 is 0 Å². The highest BCUT2D eigenvalue weighted by Gasteiger charge is 2.11. The van der Waals surface area contributed by atoms with Crippen LogP contribution in [0.4, 0.5) is 8.78 Å². The fourth-order valence-corrected chi connectivity index (χ4v) is 1.80. The van der Waals surface area contributed by atoms with Crippen LogP contribution in [0.25, 0.3) is 11.3 Å². The molecule has 0 aliphatic carbocycles. The summed E-state index contributed by atoms with van der Waals surface area (Å²) in [6, 6.07) is 4.09. The molecule has 1 nitrogen and oxygen atoms in total. The molecule has 0 radical (unpaired) electrons. The lowest BCUT2D eigenvalue weighted by Crippen LogP contribution is -1.88. The Morgan fingerprint density at radius 3 is 2.71 bits per heavy atom. The first-order valence-electron chi connectivity index (χ1n) is 4.05. The molecule has 0 aliphatic rings. The van der Waals surface area contributed by atoms with Crippen molar-refractivity contribution in [1.82, 2.24) is 4.98 Å². The smallest absolute Gasteiger partial charge is 0.168 e. The predicted octanol–water partition coefficient (Wildman–Crippen LogP) is 3.40. The fraction of sp³-hybridized carbons (Fsp3) is 0.100. The third-order valence-electron chi connectivity index (χ3n) is 1.85. The number of nitrogens with zero attached hydrogens (tertiary/aromatic N) is 1. The Labute approximate surface area is 84.0 Å². The maximum Gasteiger partial charge on any atom is 0.168 e. The lowest BCUT2D eigenvalue weighted by molar-refractivity contribution is 0.511. The van der Waals surface area contributed by atoms with Crippen LogP contribution in [0, 0.1) is 18.6 Å². The first-order chi connectivity index (χ1) is 6.68. The first kappa shape index (κ1) is 9.27. The van der Waals surface area contributed by atoms with Gasteiger partial charge in [-0.2, -0.15) is 0 Å². The molecule has 0 amide bonds. The molecule has 1 aromatic carbocycles. The molecule has 72 valence electrons. The second-order valence-corrected chi connectivity index (χ2v) is 3.92. The van der Waals surface area contributed by atoms with Gasteiger partial charge < -0.3 is 0 Å². The number of aromatic nitrogens is 1. The molecule has 0 atom stereocenters. The van der Waals surface area contributed by atoms with Crippen LogP contribution in [0.2, 0.25) is 0 Å². The van der Waals surface area contributed by atoms with Crippen molar-refractivity contribution in [1.29, 1.82) is 0 Å². The van der Waals surface area contributed by atoms with Gasteiger partial charge in [0.1, 0.15) is 0 Å². The van der Waals surface area contributed by atoms with Crippen molar-refractivity contribution >= 4 is 11.3 Å². The number of aryl methyl sites for hydroxylation is 1. The molecular weight excluding hydrogens is 204 g/mol. The number of hydrogen-bond acceptors (Lipinski definition) is 2. The van der Waals surface area contributed by atoms with Crippen molar-refractivity contribution in [2.24, 2.45) is 0 Å². The Hall–Kier alpha value is -1.29. The zero-order valence-corrected chi connectivity index (χ0v) is 8.24. The van der Waals surface area contributed by atoms with Gasteiger partial charge in [0.15, 0.2) is 11.6 Å². The van der Waals surface area contributed by atoms with E-state index in [2.05, 4.69) is 4.98 Å². The SMILES string of the molecule is Cc1nc(-c2cccc(F)c2F)cs1. The first-order valence-corrected chi connectivity index (χ1v) is 4.93. The van der Waals surface area contributed by atoms with E-state index in [9.17, 15) is 8.78 Å². The average molecular weight is 211 g/mol. The van der Waals surface area contributed by atoms with E-state index in [-0.39, 0.29) is 5.56 Å². The summed E-state index contributed by atoms with van der Waals surface area (Å²) in [7, 11) is 0. The molecule has 0 saturated carbocycles. The minimum Gasteiger partial charge on any atom is -0.241 e. The minimum absolute atomic E-state index is 0.217. The molecular formula is C10H7F2NS. The monoisotopic (exact) mass is 211 g/mol. The third kappa shape index (κ3) is 1.53. The van der Waals surface area contributed by atoms with Crippen molar-refractivity contribution in [2.75, 3.05) is 0 Å². The molecule has 1 aromatic heterocycles. The number of benzene rings is 1. The summed E-state index contributed by atoms with van der Waals surface area (Å²) in [5.74, 6) is -1.68. The Bertz CT molecular complexity index is 465. The van der Waals surface area contributed by atoms with E-state index in [0.717, 1.165) is 11.1 Å². The van der Waals surface area contributed by atoms with Gasteiger partial charge in [-0.25, -0.2) is 13.8 Å². The standard InChI is InChI=1S/C10H7F2NS/c1-6-13-9(5-14-6)7-3-2-4-8(11)10(7)12/h2-5H,1H3. The van der Waals surface area contributed by atoms with Gasteiger partial charge in [-0.1, -0.05) is 6.07 Å². The van der Waals surface area contributed by atoms with Crippen LogP contribution >= 0.6 is 11.3 Å². The summed E-state index contributed by atoms with van der Waals surface area (Å²) in [4.78, 5) is 4.09. The van der Waals surface area contributed by atoms with Gasteiger partial charge in [0, 0.05) is 10.9 Å². The Morgan fingerprint density at radius 2 is 2.07 bits per heavy atom. The van der Waals surface area contributed by atoms with Gasteiger partial charge in [0.25, 0.3) is 0 Å². The molecule has 2 rings (SSSR count). The average Bonchev–Trinajstić information content (AvgIpc) is 2.57. The van der Waals surface area contributed by atoms with Gasteiger partial charge in [-0.05, 0) is 19.1 Å². The molecule has 0 N–H and O–H groups in total. The number of halogens is 2. The summed E-state index contributed by atoms with van der Waals surface area (Å²) >= 11 is 1.41. The summed E-state index contributed by atoms with van der Waals surface area (Å²) in [5, 5.41) is 2.55. The van der Waals surface area contributed by atoms with Crippen LogP contribution in [0.5, 0.6) is 0 Å². The number of hydrogen-bond donors (Lipinski definition) is 0. The molecule has 1 heterocycles. The summed E-state index contributed by atoms with van der Waals surface area (Å²) in [5.41, 5.74) is 0.707. The van der Waals surface area contributed by atoms with Gasteiger partial charge in [-0.15, -0.1) is 11.3 Å². The zero-order chi connectivity index (χ0) is 10.1. The summed E-state index contributed by atoms with van der Waals surface area (Å²) in [6.45, 7) is 1.82. The maximum absolute atomic E-state index is 13.3. The van der Waals surface area contributed by atoms with Crippen molar-refractivity contribution in [3.05, 3.63) is 40.2 Å². The number of rotatable bonds is 1. The third-order valence-corrected chi connectivity index (χ3v) is 2.62. The van der Waals surface area contributed by atoms with Crippen LogP contribution in [-0.2, 0) is 0 Å². The lowest BCUT2D eigenvalue weighted by Gasteiger charge is -1.99. The van der Waals surface area contributed by atoms with Crippen molar-refractivity contribution in [3.8, 4) is 11.3 Å². The Kier molecular flexibility index (Phi) is 2.29. The highest BCUT2D eigenvalue weighted by Crippen LogP contribution is 2.25. The molecule has 2 aromatic rings. The van der Waals surface area contributed by atoms with E-state index in [4.69, 9.17) is 0 Å². The van der Waals surface area contributed by atoms with Crippen molar-refractivity contribution in [3.63, 3.8) is 0 Å². The minimum atomic E-state index is -0.840. The summed E-state index contributed by atoms with van der Waals surface area (Å²) < 4.78 is 26.2. The summed E-state index contributed by atoms with van der Waals surface area (Å²) in [6.07, 6.45) is 0. The van der Waals surface area contributed by atoms with Crippen LogP contribution in [0.15, 0.2) is 23.6 Å². The molecule has 0 bridgehead atoms. The highest BCUT2D eigenvalue weighted by atomic mass is 32.1. The molecule has 0 saturated heterocycles. The second-order valence-electron chi connectivity index (χ2n) is 2.85. The van der Waals surface area contributed by atoms with E-state index < -0.39 is 11.6 Å². The zero-order valence-electron chi connectivity index (χ0n) is 7.42. The van der Waals surface area contributed by atoms with E-state index in [1.54, 1.807) is 5.38 Å². The van der Waals surface area contributed by atoms with E-state index in [1.807, 2.05) is 6.92 Å². The molecule has 0 aliphatic heterocycles. The predicted molar refractivity (Wildman–Crippen MR) is 52.2 cm³/mol. The lowest BCUT2D eigenvalue weighted by atomic mass is 10.1. The molecule has 0 unspecified atom stereocenters. The molecule has 0 spiro atoms. The molecule has 4 heteroatoms. The van der Waals surface area contributed by atoms with Gasteiger partial charge >= 0.3 is 0 Å². The van der Waals surface area contributed by atoms with Crippen LogP contribution in [0.1, 0.15) is 5.01 Å². The maximum atomic E-state index is 13.3. The van der Waals surface area contributed by atoms with Gasteiger partial charge in [0.05, 0.1) is 10.7 Å². The van der Waals surface area contributed by atoms with E-state index in [1.165, 1.54) is 23.5 Å². The van der Waals surface area contributed by atoms with E-state index >= 15 is 0 Å². The van der Waals surface area contributed by atoms with E-state index in [0.29, 0.717) is 5.69 Å². The Balaban J connectivity index is 2.57. The van der Waals surface area contributed by atoms with Gasteiger partial charge in [0.2, 0.25) is 0 Å². The largest absolute Gasteiger partial charge is 0.241 e. The molecule has 0 fully saturated rings. The van der Waals surface area contributed by atoms with Crippen molar-refractivity contribution in [2.45, 2.75) is 6.92 Å². The quantitative estimate of drug-likeness (QED) is 0.704. The second kappa shape index (κ2) is 3.46. The molecule has 14 heavy (non-hydrogen) atoms. The van der Waals surface area contributed by atoms with Crippen molar-refractivity contribution < 1.29 is 8.78 Å². The van der Waals surface area contributed by atoms with Gasteiger partial charge in [-0.3, -0.25) is 0 Å². The number of thiazole rings is 1. The highest BCUT2D eigenvalue weighted by molar-refractivity contribution is 7.09. The topological polar surface area (TPSA) is 12.9 Å². The Morgan fingerprint density at radius 1 is 1.29 bits per heavy atom. The fourth-order valence-electron chi connectivity index (χ4n) is 1.19. The van der Waals surface area contributed by atoms with Crippen LogP contribution in [-0.4, -0.2) is 4.98 Å².